The van der Waals surface area contributed by atoms with Gasteiger partial charge in [-0.1, -0.05) is 0 Å². The van der Waals surface area contributed by atoms with Crippen LogP contribution in [0.4, 0.5) is 10.5 Å². The highest BCUT2D eigenvalue weighted by Gasteiger charge is 2.26. The number of nitrogens with zero attached hydrogens (tertiary/aromatic N) is 1. The molecule has 2 rings (SSSR count). The molecule has 0 aliphatic rings. The molecule has 3 N–H and O–H groups in total. The molecule has 0 aromatic carbocycles. The third kappa shape index (κ3) is 3.73. The Morgan fingerprint density at radius 2 is 2.19 bits per heavy atom. The van der Waals surface area contributed by atoms with E-state index in [1.54, 1.807) is 26.1 Å². The Bertz CT molecular complexity index is 674. The number of rotatable bonds is 4. The van der Waals surface area contributed by atoms with Crippen molar-refractivity contribution in [3.63, 3.8) is 0 Å². The van der Waals surface area contributed by atoms with Crippen LogP contribution in [0, 0.1) is 0 Å². The summed E-state index contributed by atoms with van der Waals surface area (Å²) in [6.45, 7) is 1.52. The molecule has 0 saturated heterocycles. The molecule has 0 radical (unpaired) electrons. The summed E-state index contributed by atoms with van der Waals surface area (Å²) in [5.41, 5.74) is -0.987. The fraction of sp³-hybridized carbons (Fsp3) is 0.286. The number of nitrogens with one attached hydrogen (secondary N) is 2. The summed E-state index contributed by atoms with van der Waals surface area (Å²) in [4.78, 5) is 23.0. The summed E-state index contributed by atoms with van der Waals surface area (Å²) in [6.07, 6.45) is 2.96. The monoisotopic (exact) mass is 291 g/mol. The molecule has 0 bridgehead atoms. The second-order valence-corrected chi connectivity index (χ2v) is 4.93. The van der Waals surface area contributed by atoms with Crippen LogP contribution >= 0.6 is 0 Å². The number of furan rings is 1. The number of hydrogen-bond acceptors (Lipinski definition) is 4. The molecule has 2 heterocycles. The number of carbonyl (C=O) groups is 1. The van der Waals surface area contributed by atoms with E-state index in [2.05, 4.69) is 10.6 Å². The van der Waals surface area contributed by atoms with Crippen molar-refractivity contribution in [2.24, 2.45) is 7.05 Å². The van der Waals surface area contributed by atoms with E-state index in [0.717, 1.165) is 0 Å². The zero-order valence-electron chi connectivity index (χ0n) is 11.8. The smallest absolute Gasteiger partial charge is 0.319 e. The molecule has 0 aliphatic carbocycles. The average molecular weight is 291 g/mol. The van der Waals surface area contributed by atoms with Crippen molar-refractivity contribution in [3.8, 4) is 0 Å². The SMILES string of the molecule is Cn1cc(NC(=O)NCC(C)(O)c2ccco2)ccc1=O. The molecule has 7 nitrogen and oxygen atoms in total. The molecule has 2 aromatic heterocycles. The fourth-order valence-corrected chi connectivity index (χ4v) is 1.77. The third-order valence-corrected chi connectivity index (χ3v) is 2.99. The number of aryl methyl sites for hydroxylation is 1. The van der Waals surface area contributed by atoms with Crippen LogP contribution in [0.15, 0.2) is 45.9 Å². The first-order valence-electron chi connectivity index (χ1n) is 6.36. The summed E-state index contributed by atoms with van der Waals surface area (Å²) in [7, 11) is 1.59. The van der Waals surface area contributed by atoms with Gasteiger partial charge in [0, 0.05) is 19.3 Å². The first-order valence-corrected chi connectivity index (χ1v) is 6.36. The number of aromatic nitrogens is 1. The van der Waals surface area contributed by atoms with E-state index in [-0.39, 0.29) is 12.1 Å². The molecule has 7 heteroatoms. The average Bonchev–Trinajstić information content (AvgIpc) is 2.96. The molecule has 1 unspecified atom stereocenters. The van der Waals surface area contributed by atoms with E-state index >= 15 is 0 Å². The number of carbonyl (C=O) groups excluding carboxylic acids is 1. The number of hydrogen-bond donors (Lipinski definition) is 3. The van der Waals surface area contributed by atoms with Crippen LogP contribution in [-0.2, 0) is 12.6 Å². The van der Waals surface area contributed by atoms with Crippen LogP contribution in [0.3, 0.4) is 0 Å². The zero-order chi connectivity index (χ0) is 15.5. The van der Waals surface area contributed by atoms with Gasteiger partial charge in [0.1, 0.15) is 11.4 Å². The molecule has 1 atom stereocenters. The number of amides is 2. The van der Waals surface area contributed by atoms with E-state index in [1.165, 1.54) is 29.2 Å². The Morgan fingerprint density at radius 3 is 2.81 bits per heavy atom. The Labute approximate surface area is 121 Å². The lowest BCUT2D eigenvalue weighted by Crippen LogP contribution is -2.40. The maximum atomic E-state index is 11.8. The lowest BCUT2D eigenvalue weighted by molar-refractivity contribution is 0.0372. The highest BCUT2D eigenvalue weighted by Crippen LogP contribution is 2.19. The van der Waals surface area contributed by atoms with E-state index in [1.807, 2.05) is 0 Å². The van der Waals surface area contributed by atoms with Gasteiger partial charge in [0.05, 0.1) is 18.5 Å². The first-order chi connectivity index (χ1) is 9.88. The third-order valence-electron chi connectivity index (χ3n) is 2.99. The van der Waals surface area contributed by atoms with Gasteiger partial charge in [-0.2, -0.15) is 0 Å². The van der Waals surface area contributed by atoms with Crippen LogP contribution in [0.25, 0.3) is 0 Å². The minimum Gasteiger partial charge on any atom is -0.466 e. The van der Waals surface area contributed by atoms with Gasteiger partial charge in [-0.05, 0) is 25.1 Å². The van der Waals surface area contributed by atoms with Crippen molar-refractivity contribution >= 4 is 11.7 Å². The van der Waals surface area contributed by atoms with Crippen LogP contribution in [0.1, 0.15) is 12.7 Å². The summed E-state index contributed by atoms with van der Waals surface area (Å²) in [5.74, 6) is 0.366. The highest BCUT2D eigenvalue weighted by molar-refractivity contribution is 5.89. The molecule has 21 heavy (non-hydrogen) atoms. The predicted octanol–water partition coefficient (Wildman–Crippen LogP) is 1.01. The van der Waals surface area contributed by atoms with Gasteiger partial charge in [0.2, 0.25) is 5.56 Å². The zero-order valence-corrected chi connectivity index (χ0v) is 11.8. The standard InChI is InChI=1S/C14H17N3O4/c1-14(20,11-4-3-7-21-11)9-15-13(19)16-10-5-6-12(18)17(2)8-10/h3-8,20H,9H2,1-2H3,(H2,15,16,19). The van der Waals surface area contributed by atoms with Crippen molar-refractivity contribution in [2.75, 3.05) is 11.9 Å². The molecule has 0 aliphatic heterocycles. The van der Waals surface area contributed by atoms with Gasteiger partial charge in [0.25, 0.3) is 0 Å². The van der Waals surface area contributed by atoms with Crippen molar-refractivity contribution in [2.45, 2.75) is 12.5 Å². The van der Waals surface area contributed by atoms with Crippen molar-refractivity contribution < 1.29 is 14.3 Å². The quantitative estimate of drug-likeness (QED) is 0.783. The topological polar surface area (TPSA) is 96.5 Å². The second kappa shape index (κ2) is 5.84. The number of pyridine rings is 1. The van der Waals surface area contributed by atoms with Gasteiger partial charge in [-0.25, -0.2) is 4.79 Å². The van der Waals surface area contributed by atoms with Gasteiger partial charge >= 0.3 is 6.03 Å². The summed E-state index contributed by atoms with van der Waals surface area (Å²) in [6, 6.07) is 5.67. The lowest BCUT2D eigenvalue weighted by atomic mass is 10.0. The van der Waals surface area contributed by atoms with E-state index in [0.29, 0.717) is 11.4 Å². The molecular formula is C14H17N3O4. The molecule has 0 saturated carbocycles. The molecule has 0 fully saturated rings. The highest BCUT2D eigenvalue weighted by atomic mass is 16.4. The van der Waals surface area contributed by atoms with E-state index in [4.69, 9.17) is 4.42 Å². The summed E-state index contributed by atoms with van der Waals surface area (Å²) < 4.78 is 6.47. The van der Waals surface area contributed by atoms with Crippen LogP contribution < -0.4 is 16.2 Å². The van der Waals surface area contributed by atoms with Gasteiger partial charge < -0.3 is 24.7 Å². The van der Waals surface area contributed by atoms with Gasteiger partial charge in [-0.15, -0.1) is 0 Å². The minimum atomic E-state index is -1.30. The lowest BCUT2D eigenvalue weighted by Gasteiger charge is -2.21. The minimum absolute atomic E-state index is 0.0158. The van der Waals surface area contributed by atoms with Crippen molar-refractivity contribution in [1.29, 1.82) is 0 Å². The first kappa shape index (κ1) is 14.9. The van der Waals surface area contributed by atoms with Gasteiger partial charge in [-0.3, -0.25) is 4.79 Å². The largest absolute Gasteiger partial charge is 0.466 e. The van der Waals surface area contributed by atoms with E-state index in [9.17, 15) is 14.7 Å². The Kier molecular flexibility index (Phi) is 4.13. The molecular weight excluding hydrogens is 274 g/mol. The maximum Gasteiger partial charge on any atom is 0.319 e. The number of aliphatic hydroxyl groups is 1. The predicted molar refractivity (Wildman–Crippen MR) is 77.0 cm³/mol. The number of anilines is 1. The Hall–Kier alpha value is -2.54. The normalized spacial score (nSPS) is 13.5. The van der Waals surface area contributed by atoms with Crippen LogP contribution in [0.2, 0.25) is 0 Å². The van der Waals surface area contributed by atoms with E-state index < -0.39 is 11.6 Å². The molecule has 2 amide bonds. The molecule has 2 aromatic rings. The van der Waals surface area contributed by atoms with Crippen LogP contribution in [-0.4, -0.2) is 22.2 Å². The second-order valence-electron chi connectivity index (χ2n) is 4.93. The Morgan fingerprint density at radius 1 is 1.43 bits per heavy atom. The van der Waals surface area contributed by atoms with Crippen LogP contribution in [0.5, 0.6) is 0 Å². The fourth-order valence-electron chi connectivity index (χ4n) is 1.77. The van der Waals surface area contributed by atoms with Gasteiger partial charge in [0.15, 0.2) is 0 Å². The van der Waals surface area contributed by atoms with Crippen molar-refractivity contribution in [3.05, 3.63) is 52.8 Å². The summed E-state index contributed by atoms with van der Waals surface area (Å²) in [5, 5.41) is 15.3. The summed E-state index contributed by atoms with van der Waals surface area (Å²) >= 11 is 0. The van der Waals surface area contributed by atoms with Crippen molar-refractivity contribution in [1.82, 2.24) is 9.88 Å². The Balaban J connectivity index is 1.93. The maximum absolute atomic E-state index is 11.8. The number of urea groups is 1. The molecule has 112 valence electrons. The molecule has 0 spiro atoms.